The molecule has 3 nitrogen and oxygen atoms in total. The van der Waals surface area contributed by atoms with Crippen molar-refractivity contribution in [1.29, 1.82) is 0 Å². The average Bonchev–Trinajstić information content (AvgIpc) is 2.56. The molecule has 3 heteroatoms. The Kier molecular flexibility index (Phi) is 5.12. The highest BCUT2D eigenvalue weighted by atomic mass is 16.2. The lowest BCUT2D eigenvalue weighted by molar-refractivity contribution is 0.0773. The van der Waals surface area contributed by atoms with Crippen molar-refractivity contribution in [2.75, 3.05) is 13.1 Å². The highest BCUT2D eigenvalue weighted by molar-refractivity contribution is 5.94. The summed E-state index contributed by atoms with van der Waals surface area (Å²) in [6, 6.07) is 17.4. The van der Waals surface area contributed by atoms with Crippen LogP contribution < -0.4 is 5.73 Å². The molecule has 0 fully saturated rings. The SMILES string of the molecule is CCN(CC)C(=O)c1ccc([C@H](N)c2ccccc2)cc1. The molecule has 2 N–H and O–H groups in total. The number of nitrogens with zero attached hydrogens (tertiary/aromatic N) is 1. The third kappa shape index (κ3) is 3.50. The molecule has 1 amide bonds. The zero-order valence-corrected chi connectivity index (χ0v) is 12.6. The molecule has 0 aliphatic rings. The Morgan fingerprint density at radius 1 is 0.952 bits per heavy atom. The van der Waals surface area contributed by atoms with Gasteiger partial charge in [-0.25, -0.2) is 0 Å². The van der Waals surface area contributed by atoms with Crippen LogP contribution in [-0.4, -0.2) is 23.9 Å². The molecule has 0 aliphatic heterocycles. The minimum Gasteiger partial charge on any atom is -0.339 e. The van der Waals surface area contributed by atoms with Crippen LogP contribution in [0, 0.1) is 0 Å². The molecule has 2 aromatic rings. The van der Waals surface area contributed by atoms with E-state index < -0.39 is 0 Å². The normalized spacial score (nSPS) is 12.0. The average molecular weight is 282 g/mol. The predicted molar refractivity (Wildman–Crippen MR) is 86.2 cm³/mol. The van der Waals surface area contributed by atoms with E-state index in [-0.39, 0.29) is 11.9 Å². The maximum atomic E-state index is 12.3. The summed E-state index contributed by atoms with van der Waals surface area (Å²) in [7, 11) is 0. The summed E-state index contributed by atoms with van der Waals surface area (Å²) in [5, 5.41) is 0. The first kappa shape index (κ1) is 15.3. The molecule has 0 saturated heterocycles. The molecule has 110 valence electrons. The van der Waals surface area contributed by atoms with E-state index >= 15 is 0 Å². The lowest BCUT2D eigenvalue weighted by Crippen LogP contribution is -2.30. The fourth-order valence-electron chi connectivity index (χ4n) is 2.38. The molecule has 0 unspecified atom stereocenters. The molecule has 0 heterocycles. The van der Waals surface area contributed by atoms with Crippen LogP contribution >= 0.6 is 0 Å². The monoisotopic (exact) mass is 282 g/mol. The number of rotatable bonds is 5. The number of nitrogens with two attached hydrogens (primary N) is 1. The Hall–Kier alpha value is -2.13. The predicted octanol–water partition coefficient (Wildman–Crippen LogP) is 3.22. The third-order valence-electron chi connectivity index (χ3n) is 3.73. The number of hydrogen-bond acceptors (Lipinski definition) is 2. The zero-order valence-electron chi connectivity index (χ0n) is 12.6. The number of carbonyl (C=O) groups is 1. The van der Waals surface area contributed by atoms with Crippen molar-refractivity contribution in [3.63, 3.8) is 0 Å². The van der Waals surface area contributed by atoms with Crippen LogP contribution in [0.3, 0.4) is 0 Å². The highest BCUT2D eigenvalue weighted by Crippen LogP contribution is 2.20. The summed E-state index contributed by atoms with van der Waals surface area (Å²) in [5.74, 6) is 0.0693. The van der Waals surface area contributed by atoms with Crippen molar-refractivity contribution >= 4 is 5.91 Å². The number of carbonyl (C=O) groups excluding carboxylic acids is 1. The summed E-state index contributed by atoms with van der Waals surface area (Å²) in [6.45, 7) is 5.42. The van der Waals surface area contributed by atoms with Crippen molar-refractivity contribution in [2.45, 2.75) is 19.9 Å². The van der Waals surface area contributed by atoms with E-state index in [0.717, 1.165) is 24.2 Å². The Morgan fingerprint density at radius 2 is 1.48 bits per heavy atom. The second-order valence-corrected chi connectivity index (χ2v) is 4.99. The standard InChI is InChI=1S/C18H22N2O/c1-3-20(4-2)18(21)16-12-10-15(11-13-16)17(19)14-8-6-5-7-9-14/h5-13,17H,3-4,19H2,1-2H3/t17-/m1/s1. The molecule has 0 aliphatic carbocycles. The fourth-order valence-corrected chi connectivity index (χ4v) is 2.38. The van der Waals surface area contributed by atoms with Crippen molar-refractivity contribution in [1.82, 2.24) is 4.90 Å². The quantitative estimate of drug-likeness (QED) is 0.915. The molecular weight excluding hydrogens is 260 g/mol. The summed E-state index contributed by atoms with van der Waals surface area (Å²) in [5.41, 5.74) is 9.05. The lowest BCUT2D eigenvalue weighted by Gasteiger charge is -2.19. The molecule has 21 heavy (non-hydrogen) atoms. The summed E-state index contributed by atoms with van der Waals surface area (Å²) in [6.07, 6.45) is 0. The van der Waals surface area contributed by atoms with Crippen LogP contribution in [0.15, 0.2) is 54.6 Å². The van der Waals surface area contributed by atoms with Gasteiger partial charge in [-0.15, -0.1) is 0 Å². The minimum atomic E-state index is -0.163. The van der Waals surface area contributed by atoms with E-state index in [1.165, 1.54) is 0 Å². The van der Waals surface area contributed by atoms with Crippen molar-refractivity contribution in [2.24, 2.45) is 5.73 Å². The first-order valence-electron chi connectivity index (χ1n) is 7.37. The van der Waals surface area contributed by atoms with Gasteiger partial charge in [0.2, 0.25) is 0 Å². The molecule has 2 rings (SSSR count). The van der Waals surface area contributed by atoms with Gasteiger partial charge in [0.1, 0.15) is 0 Å². The van der Waals surface area contributed by atoms with Gasteiger partial charge in [-0.3, -0.25) is 4.79 Å². The van der Waals surface area contributed by atoms with E-state index in [0.29, 0.717) is 5.56 Å². The van der Waals surface area contributed by atoms with E-state index in [4.69, 9.17) is 5.73 Å². The van der Waals surface area contributed by atoms with Crippen molar-refractivity contribution in [3.05, 3.63) is 71.3 Å². The van der Waals surface area contributed by atoms with Crippen molar-refractivity contribution < 1.29 is 4.79 Å². The topological polar surface area (TPSA) is 46.3 Å². The Labute approximate surface area is 126 Å². The summed E-state index contributed by atoms with van der Waals surface area (Å²) in [4.78, 5) is 14.1. The Balaban J connectivity index is 2.17. The van der Waals surface area contributed by atoms with Gasteiger partial charge in [-0.1, -0.05) is 42.5 Å². The minimum absolute atomic E-state index is 0.0693. The summed E-state index contributed by atoms with van der Waals surface area (Å²) >= 11 is 0. The van der Waals surface area contributed by atoms with Gasteiger partial charge >= 0.3 is 0 Å². The van der Waals surface area contributed by atoms with Gasteiger partial charge in [0.15, 0.2) is 0 Å². The molecule has 0 saturated carbocycles. The van der Waals surface area contributed by atoms with E-state index in [2.05, 4.69) is 0 Å². The van der Waals surface area contributed by atoms with Gasteiger partial charge in [0.05, 0.1) is 6.04 Å². The molecule has 2 aromatic carbocycles. The Bertz CT molecular complexity index is 574. The number of benzene rings is 2. The largest absolute Gasteiger partial charge is 0.339 e. The van der Waals surface area contributed by atoms with E-state index in [1.54, 1.807) is 0 Å². The van der Waals surface area contributed by atoms with E-state index in [9.17, 15) is 4.79 Å². The lowest BCUT2D eigenvalue weighted by atomic mass is 9.98. The van der Waals surface area contributed by atoms with Gasteiger partial charge in [-0.05, 0) is 37.1 Å². The molecule has 0 bridgehead atoms. The van der Waals surface area contributed by atoms with Crippen LogP contribution in [0.5, 0.6) is 0 Å². The number of amides is 1. The van der Waals surface area contributed by atoms with Crippen LogP contribution in [0.1, 0.15) is 41.4 Å². The summed E-state index contributed by atoms with van der Waals surface area (Å²) < 4.78 is 0. The highest BCUT2D eigenvalue weighted by Gasteiger charge is 2.13. The van der Waals surface area contributed by atoms with Gasteiger partial charge in [0.25, 0.3) is 5.91 Å². The van der Waals surface area contributed by atoms with Crippen LogP contribution in [0.2, 0.25) is 0 Å². The second kappa shape index (κ2) is 7.04. The zero-order chi connectivity index (χ0) is 15.2. The Morgan fingerprint density at radius 3 is 2.00 bits per heavy atom. The van der Waals surface area contributed by atoms with Gasteiger partial charge < -0.3 is 10.6 Å². The van der Waals surface area contributed by atoms with Crippen LogP contribution in [0.4, 0.5) is 0 Å². The first-order valence-corrected chi connectivity index (χ1v) is 7.37. The third-order valence-corrected chi connectivity index (χ3v) is 3.73. The molecule has 1 atom stereocenters. The smallest absolute Gasteiger partial charge is 0.253 e. The first-order chi connectivity index (χ1) is 10.2. The van der Waals surface area contributed by atoms with E-state index in [1.807, 2.05) is 73.3 Å². The van der Waals surface area contributed by atoms with Crippen LogP contribution in [-0.2, 0) is 0 Å². The molecular formula is C18H22N2O. The second-order valence-electron chi connectivity index (χ2n) is 4.99. The molecule has 0 aromatic heterocycles. The molecule has 0 spiro atoms. The number of hydrogen-bond donors (Lipinski definition) is 1. The van der Waals surface area contributed by atoms with Gasteiger partial charge in [0, 0.05) is 18.7 Å². The fraction of sp³-hybridized carbons (Fsp3) is 0.278. The van der Waals surface area contributed by atoms with Crippen molar-refractivity contribution in [3.8, 4) is 0 Å². The maximum Gasteiger partial charge on any atom is 0.253 e. The maximum absolute atomic E-state index is 12.3. The van der Waals surface area contributed by atoms with Gasteiger partial charge in [-0.2, -0.15) is 0 Å². The van der Waals surface area contributed by atoms with Crippen LogP contribution in [0.25, 0.3) is 0 Å². The molecule has 0 radical (unpaired) electrons.